The SMILES string of the molecule is CC(C)CC(C)(CN)NC(=O)CC(C)Cc1cccc(F)c1. The molecular formula is C18H29FN2O. The van der Waals surface area contributed by atoms with Gasteiger partial charge in [0.25, 0.3) is 0 Å². The fourth-order valence-corrected chi connectivity index (χ4v) is 2.93. The van der Waals surface area contributed by atoms with Crippen LogP contribution in [0.1, 0.15) is 46.1 Å². The zero-order chi connectivity index (χ0) is 16.8. The summed E-state index contributed by atoms with van der Waals surface area (Å²) in [6, 6.07) is 6.54. The average Bonchev–Trinajstić information content (AvgIpc) is 2.36. The summed E-state index contributed by atoms with van der Waals surface area (Å²) in [7, 11) is 0. The first-order valence-electron chi connectivity index (χ1n) is 7.99. The molecule has 0 radical (unpaired) electrons. The minimum atomic E-state index is -0.357. The normalized spacial score (nSPS) is 15.4. The van der Waals surface area contributed by atoms with Crippen molar-refractivity contribution in [1.82, 2.24) is 5.32 Å². The molecule has 0 bridgehead atoms. The van der Waals surface area contributed by atoms with Crippen LogP contribution in [-0.4, -0.2) is 18.0 Å². The number of carbonyl (C=O) groups excluding carboxylic acids is 1. The van der Waals surface area contributed by atoms with Crippen molar-refractivity contribution in [2.24, 2.45) is 17.6 Å². The van der Waals surface area contributed by atoms with Gasteiger partial charge in [-0.3, -0.25) is 4.79 Å². The molecule has 124 valence electrons. The van der Waals surface area contributed by atoms with E-state index in [4.69, 9.17) is 5.73 Å². The first kappa shape index (κ1) is 18.6. The number of nitrogens with two attached hydrogens (primary N) is 1. The number of hydrogen-bond donors (Lipinski definition) is 2. The van der Waals surface area contributed by atoms with Crippen LogP contribution < -0.4 is 11.1 Å². The predicted molar refractivity (Wildman–Crippen MR) is 88.9 cm³/mol. The van der Waals surface area contributed by atoms with Crippen molar-refractivity contribution >= 4 is 5.91 Å². The van der Waals surface area contributed by atoms with Crippen LogP contribution in [0.5, 0.6) is 0 Å². The van der Waals surface area contributed by atoms with E-state index in [0.29, 0.717) is 25.3 Å². The summed E-state index contributed by atoms with van der Waals surface area (Å²) in [4.78, 5) is 12.2. The van der Waals surface area contributed by atoms with Crippen LogP contribution in [0.15, 0.2) is 24.3 Å². The van der Waals surface area contributed by atoms with E-state index < -0.39 is 0 Å². The molecule has 0 saturated carbocycles. The van der Waals surface area contributed by atoms with Gasteiger partial charge in [0.2, 0.25) is 5.91 Å². The van der Waals surface area contributed by atoms with Gasteiger partial charge in [-0.15, -0.1) is 0 Å². The second-order valence-corrected chi connectivity index (χ2v) is 7.05. The first-order chi connectivity index (χ1) is 10.2. The maximum atomic E-state index is 13.2. The lowest BCUT2D eigenvalue weighted by molar-refractivity contribution is -0.123. The van der Waals surface area contributed by atoms with E-state index in [-0.39, 0.29) is 23.2 Å². The van der Waals surface area contributed by atoms with E-state index in [0.717, 1.165) is 12.0 Å². The monoisotopic (exact) mass is 308 g/mol. The van der Waals surface area contributed by atoms with Gasteiger partial charge in [-0.1, -0.05) is 32.9 Å². The van der Waals surface area contributed by atoms with E-state index in [2.05, 4.69) is 19.2 Å². The molecule has 22 heavy (non-hydrogen) atoms. The molecule has 1 aromatic rings. The number of rotatable bonds is 8. The fourth-order valence-electron chi connectivity index (χ4n) is 2.93. The lowest BCUT2D eigenvalue weighted by atomic mass is 9.90. The van der Waals surface area contributed by atoms with E-state index in [9.17, 15) is 9.18 Å². The molecule has 2 unspecified atom stereocenters. The minimum Gasteiger partial charge on any atom is -0.350 e. The largest absolute Gasteiger partial charge is 0.350 e. The summed E-state index contributed by atoms with van der Waals surface area (Å²) < 4.78 is 13.2. The van der Waals surface area contributed by atoms with Gasteiger partial charge < -0.3 is 11.1 Å². The fraction of sp³-hybridized carbons (Fsp3) is 0.611. The Morgan fingerprint density at radius 2 is 2.05 bits per heavy atom. The van der Waals surface area contributed by atoms with E-state index in [1.807, 2.05) is 19.9 Å². The standard InChI is InChI=1S/C18H29FN2O/c1-13(2)11-18(4,12-20)21-17(22)9-14(3)8-15-6-5-7-16(19)10-15/h5-7,10,13-14H,8-9,11-12,20H2,1-4H3,(H,21,22). The summed E-state index contributed by atoms with van der Waals surface area (Å²) in [5, 5.41) is 3.06. The zero-order valence-corrected chi connectivity index (χ0v) is 14.2. The Labute approximate surface area is 133 Å². The third-order valence-corrected chi connectivity index (χ3v) is 3.76. The van der Waals surface area contributed by atoms with Gasteiger partial charge in [0.15, 0.2) is 0 Å². The van der Waals surface area contributed by atoms with Gasteiger partial charge in [0.1, 0.15) is 5.82 Å². The van der Waals surface area contributed by atoms with Gasteiger partial charge in [0.05, 0.1) is 0 Å². The summed E-state index contributed by atoms with van der Waals surface area (Å²) in [6.07, 6.45) is 1.96. The quantitative estimate of drug-likeness (QED) is 0.774. The molecule has 1 rings (SSSR count). The van der Waals surface area contributed by atoms with Crippen molar-refractivity contribution < 1.29 is 9.18 Å². The van der Waals surface area contributed by atoms with E-state index >= 15 is 0 Å². The second-order valence-electron chi connectivity index (χ2n) is 7.05. The van der Waals surface area contributed by atoms with E-state index in [1.165, 1.54) is 12.1 Å². The third kappa shape index (κ3) is 6.56. The Morgan fingerprint density at radius 3 is 2.59 bits per heavy atom. The summed E-state index contributed by atoms with van der Waals surface area (Å²) in [6.45, 7) is 8.66. The Kier molecular flexibility index (Phi) is 7.01. The maximum Gasteiger partial charge on any atom is 0.220 e. The van der Waals surface area contributed by atoms with Crippen molar-refractivity contribution in [3.05, 3.63) is 35.6 Å². The number of carbonyl (C=O) groups is 1. The predicted octanol–water partition coefficient (Wildman–Crippen LogP) is 3.27. The highest BCUT2D eigenvalue weighted by atomic mass is 19.1. The number of nitrogens with one attached hydrogen (secondary N) is 1. The highest BCUT2D eigenvalue weighted by Crippen LogP contribution is 2.17. The van der Waals surface area contributed by atoms with Crippen molar-refractivity contribution in [3.63, 3.8) is 0 Å². The topological polar surface area (TPSA) is 55.1 Å². The Balaban J connectivity index is 2.53. The second kappa shape index (κ2) is 8.28. The average molecular weight is 308 g/mol. The third-order valence-electron chi connectivity index (χ3n) is 3.76. The van der Waals surface area contributed by atoms with Crippen molar-refractivity contribution in [1.29, 1.82) is 0 Å². The molecule has 0 heterocycles. The molecule has 0 aliphatic rings. The van der Waals surface area contributed by atoms with Gasteiger partial charge in [0, 0.05) is 18.5 Å². The Bertz CT molecular complexity index is 490. The van der Waals surface area contributed by atoms with Crippen LogP contribution in [0.4, 0.5) is 4.39 Å². The number of halogens is 1. The highest BCUT2D eigenvalue weighted by Gasteiger charge is 2.26. The number of hydrogen-bond acceptors (Lipinski definition) is 2. The molecule has 1 aromatic carbocycles. The summed E-state index contributed by atoms with van der Waals surface area (Å²) in [5.74, 6) is 0.403. The molecule has 0 saturated heterocycles. The van der Waals surface area contributed by atoms with Crippen LogP contribution in [0.3, 0.4) is 0 Å². The lowest BCUT2D eigenvalue weighted by Crippen LogP contribution is -2.52. The molecule has 4 heteroatoms. The molecule has 1 amide bonds. The maximum absolute atomic E-state index is 13.2. The summed E-state index contributed by atoms with van der Waals surface area (Å²) in [5.41, 5.74) is 6.38. The van der Waals surface area contributed by atoms with Crippen LogP contribution in [-0.2, 0) is 11.2 Å². The number of amides is 1. The molecule has 2 atom stereocenters. The molecule has 0 spiro atoms. The van der Waals surface area contributed by atoms with Gasteiger partial charge in [-0.05, 0) is 49.3 Å². The van der Waals surface area contributed by atoms with Crippen molar-refractivity contribution in [2.45, 2.75) is 52.5 Å². The molecule has 3 N–H and O–H groups in total. The van der Waals surface area contributed by atoms with E-state index in [1.54, 1.807) is 6.07 Å². The molecule has 0 aromatic heterocycles. The molecule has 0 aliphatic heterocycles. The minimum absolute atomic E-state index is 0.0116. The van der Waals surface area contributed by atoms with Gasteiger partial charge in [-0.25, -0.2) is 4.39 Å². The highest BCUT2D eigenvalue weighted by molar-refractivity contribution is 5.77. The smallest absolute Gasteiger partial charge is 0.220 e. The van der Waals surface area contributed by atoms with Crippen molar-refractivity contribution in [3.8, 4) is 0 Å². The molecule has 3 nitrogen and oxygen atoms in total. The van der Waals surface area contributed by atoms with Gasteiger partial charge >= 0.3 is 0 Å². The van der Waals surface area contributed by atoms with Crippen LogP contribution in [0.25, 0.3) is 0 Å². The Morgan fingerprint density at radius 1 is 1.36 bits per heavy atom. The van der Waals surface area contributed by atoms with Crippen LogP contribution in [0, 0.1) is 17.7 Å². The number of benzene rings is 1. The van der Waals surface area contributed by atoms with Crippen molar-refractivity contribution in [2.75, 3.05) is 6.54 Å². The van der Waals surface area contributed by atoms with Crippen LogP contribution >= 0.6 is 0 Å². The van der Waals surface area contributed by atoms with Crippen LogP contribution in [0.2, 0.25) is 0 Å². The molecule has 0 aliphatic carbocycles. The first-order valence-corrected chi connectivity index (χ1v) is 7.99. The van der Waals surface area contributed by atoms with Gasteiger partial charge in [-0.2, -0.15) is 0 Å². The molecule has 0 fully saturated rings. The summed E-state index contributed by atoms with van der Waals surface area (Å²) >= 11 is 0. The Hall–Kier alpha value is -1.42. The molecular weight excluding hydrogens is 279 g/mol. The zero-order valence-electron chi connectivity index (χ0n) is 14.2. The lowest BCUT2D eigenvalue weighted by Gasteiger charge is -2.31.